The fourth-order valence-electron chi connectivity index (χ4n) is 3.23. The van der Waals surface area contributed by atoms with Crippen LogP contribution in [0.3, 0.4) is 0 Å². The van der Waals surface area contributed by atoms with Gasteiger partial charge in [0.2, 0.25) is 5.91 Å². The molecule has 2 aromatic carbocycles. The van der Waals surface area contributed by atoms with Crippen molar-refractivity contribution >= 4 is 28.7 Å². The van der Waals surface area contributed by atoms with Crippen LogP contribution in [-0.2, 0) is 20.7 Å². The second kappa shape index (κ2) is 7.82. The van der Waals surface area contributed by atoms with Crippen LogP contribution >= 0.6 is 0 Å². The summed E-state index contributed by atoms with van der Waals surface area (Å²) in [6.45, 7) is 0.959. The van der Waals surface area contributed by atoms with Crippen molar-refractivity contribution in [2.75, 3.05) is 25.6 Å². The highest BCUT2D eigenvalue weighted by atomic mass is 16.5. The van der Waals surface area contributed by atoms with E-state index in [0.29, 0.717) is 54.3 Å². The lowest BCUT2D eigenvalue weighted by Gasteiger charge is -2.10. The first-order chi connectivity index (χ1) is 13.6. The zero-order chi connectivity index (χ0) is 19.5. The molecule has 1 unspecified atom stereocenters. The molecule has 0 radical (unpaired) electrons. The molecule has 3 aromatic rings. The number of fused-ring (bicyclic) bond motifs is 1. The third kappa shape index (κ3) is 3.75. The lowest BCUT2D eigenvalue weighted by molar-refractivity contribution is -0.119. The maximum absolute atomic E-state index is 12.5. The van der Waals surface area contributed by atoms with Crippen molar-refractivity contribution in [1.82, 2.24) is 4.98 Å². The number of carbonyl (C=O) groups is 2. The summed E-state index contributed by atoms with van der Waals surface area (Å²) in [7, 11) is 1.31. The van der Waals surface area contributed by atoms with Crippen LogP contribution < -0.4 is 5.32 Å². The predicted octanol–water partition coefficient (Wildman–Crippen LogP) is 3.18. The van der Waals surface area contributed by atoms with Crippen LogP contribution in [0.25, 0.3) is 11.1 Å². The largest absolute Gasteiger partial charge is 0.465 e. The van der Waals surface area contributed by atoms with Gasteiger partial charge >= 0.3 is 5.97 Å². The van der Waals surface area contributed by atoms with E-state index in [1.807, 2.05) is 30.3 Å². The number of esters is 1. The molecule has 7 nitrogen and oxygen atoms in total. The zero-order valence-electron chi connectivity index (χ0n) is 15.4. The Kier molecular flexibility index (Phi) is 5.08. The molecular weight excluding hydrogens is 360 g/mol. The molecule has 1 amide bonds. The third-order valence-electron chi connectivity index (χ3n) is 4.71. The molecule has 144 valence electrons. The first kappa shape index (κ1) is 18.2. The molecule has 2 heterocycles. The van der Waals surface area contributed by atoms with Crippen LogP contribution in [0.1, 0.15) is 28.2 Å². The summed E-state index contributed by atoms with van der Waals surface area (Å²) in [6, 6.07) is 13.0. The fraction of sp³-hybridized carbons (Fsp3) is 0.286. The van der Waals surface area contributed by atoms with Crippen molar-refractivity contribution in [1.29, 1.82) is 0 Å². The number of methoxy groups -OCH3 is 1. The Morgan fingerprint density at radius 1 is 1.25 bits per heavy atom. The number of anilines is 1. The summed E-state index contributed by atoms with van der Waals surface area (Å²) in [6.07, 6.45) is 1.17. The van der Waals surface area contributed by atoms with E-state index in [-0.39, 0.29) is 11.8 Å². The van der Waals surface area contributed by atoms with Gasteiger partial charge in [-0.15, -0.1) is 0 Å². The van der Waals surface area contributed by atoms with Gasteiger partial charge in [0.25, 0.3) is 0 Å². The molecule has 0 aliphatic carbocycles. The Labute approximate surface area is 161 Å². The Bertz CT molecular complexity index is 1010. The summed E-state index contributed by atoms with van der Waals surface area (Å²) in [4.78, 5) is 29.1. The van der Waals surface area contributed by atoms with Crippen LogP contribution in [0.4, 0.5) is 5.69 Å². The summed E-state index contributed by atoms with van der Waals surface area (Å²) >= 11 is 0. The van der Waals surface area contributed by atoms with E-state index in [9.17, 15) is 9.59 Å². The van der Waals surface area contributed by atoms with Crippen LogP contribution in [0.15, 0.2) is 46.9 Å². The zero-order valence-corrected chi connectivity index (χ0v) is 15.4. The first-order valence-electron chi connectivity index (χ1n) is 9.08. The number of aromatic nitrogens is 1. The lowest BCUT2D eigenvalue weighted by atomic mass is 10.1. The lowest BCUT2D eigenvalue weighted by Crippen LogP contribution is -2.23. The molecule has 0 bridgehead atoms. The second-order valence-corrected chi connectivity index (χ2v) is 6.68. The number of carbonyl (C=O) groups excluding carboxylic acids is 2. The van der Waals surface area contributed by atoms with Crippen LogP contribution in [-0.4, -0.2) is 37.2 Å². The average molecular weight is 380 g/mol. The van der Waals surface area contributed by atoms with Gasteiger partial charge in [-0.1, -0.05) is 30.3 Å². The van der Waals surface area contributed by atoms with E-state index < -0.39 is 5.97 Å². The Morgan fingerprint density at radius 2 is 2.07 bits per heavy atom. The molecule has 1 aliphatic rings. The highest BCUT2D eigenvalue weighted by molar-refractivity contribution is 6.03. The highest BCUT2D eigenvalue weighted by Crippen LogP contribution is 2.29. The number of amides is 1. The van der Waals surface area contributed by atoms with E-state index in [0.717, 1.165) is 5.56 Å². The van der Waals surface area contributed by atoms with Gasteiger partial charge in [-0.05, 0) is 24.1 Å². The van der Waals surface area contributed by atoms with Gasteiger partial charge in [-0.25, -0.2) is 9.78 Å². The van der Waals surface area contributed by atoms with Crippen LogP contribution in [0.2, 0.25) is 0 Å². The molecule has 1 aromatic heterocycles. The minimum atomic E-state index is -0.505. The van der Waals surface area contributed by atoms with Crippen molar-refractivity contribution in [3.63, 3.8) is 0 Å². The van der Waals surface area contributed by atoms with Crippen LogP contribution in [0.5, 0.6) is 0 Å². The highest BCUT2D eigenvalue weighted by Gasteiger charge is 2.25. The van der Waals surface area contributed by atoms with E-state index >= 15 is 0 Å². The standard InChI is InChI=1S/C21H20N2O5/c1-26-21(25)15-10-16-19(17(11-15)23-20(24)14-7-8-27-12-14)28-18(22-16)9-13-5-3-2-4-6-13/h2-6,10-11,14H,7-9,12H2,1H3,(H,23,24). The van der Waals surface area contributed by atoms with E-state index in [4.69, 9.17) is 13.9 Å². The van der Waals surface area contributed by atoms with Gasteiger partial charge in [0.15, 0.2) is 11.5 Å². The first-order valence-corrected chi connectivity index (χ1v) is 9.08. The number of benzene rings is 2. The van der Waals surface area contributed by atoms with E-state index in [1.54, 1.807) is 12.1 Å². The molecular formula is C21H20N2O5. The monoisotopic (exact) mass is 380 g/mol. The quantitative estimate of drug-likeness (QED) is 0.684. The molecule has 1 saturated heterocycles. The van der Waals surface area contributed by atoms with Gasteiger partial charge in [0, 0.05) is 13.0 Å². The molecule has 4 rings (SSSR count). The molecule has 0 spiro atoms. The Hall–Kier alpha value is -3.19. The summed E-state index contributed by atoms with van der Waals surface area (Å²) < 4.78 is 16.0. The molecule has 1 fully saturated rings. The maximum atomic E-state index is 12.5. The number of ether oxygens (including phenoxy) is 2. The SMILES string of the molecule is COC(=O)c1cc(NC(=O)C2CCOC2)c2oc(Cc3ccccc3)nc2c1. The topological polar surface area (TPSA) is 90.7 Å². The summed E-state index contributed by atoms with van der Waals surface area (Å²) in [5.74, 6) is -0.387. The Morgan fingerprint density at radius 3 is 2.79 bits per heavy atom. The van der Waals surface area contributed by atoms with Crippen molar-refractivity contribution in [2.45, 2.75) is 12.8 Å². The van der Waals surface area contributed by atoms with Crippen molar-refractivity contribution < 1.29 is 23.5 Å². The summed E-state index contributed by atoms with van der Waals surface area (Å²) in [5.41, 5.74) is 2.68. The van der Waals surface area contributed by atoms with Crippen molar-refractivity contribution in [3.05, 3.63) is 59.5 Å². The van der Waals surface area contributed by atoms with Gasteiger partial charge in [0.1, 0.15) is 5.52 Å². The van der Waals surface area contributed by atoms with E-state index in [1.165, 1.54) is 7.11 Å². The molecule has 0 saturated carbocycles. The molecule has 1 atom stereocenters. The number of hydrogen-bond donors (Lipinski definition) is 1. The minimum absolute atomic E-state index is 0.165. The smallest absolute Gasteiger partial charge is 0.338 e. The van der Waals surface area contributed by atoms with Gasteiger partial charge < -0.3 is 19.2 Å². The van der Waals surface area contributed by atoms with Crippen LogP contribution in [0, 0.1) is 5.92 Å². The second-order valence-electron chi connectivity index (χ2n) is 6.68. The molecule has 28 heavy (non-hydrogen) atoms. The fourth-order valence-corrected chi connectivity index (χ4v) is 3.23. The number of rotatable bonds is 5. The minimum Gasteiger partial charge on any atom is -0.465 e. The molecule has 1 aliphatic heterocycles. The maximum Gasteiger partial charge on any atom is 0.338 e. The predicted molar refractivity (Wildman–Crippen MR) is 102 cm³/mol. The van der Waals surface area contributed by atoms with Gasteiger partial charge in [0.05, 0.1) is 30.9 Å². The van der Waals surface area contributed by atoms with Crippen molar-refractivity contribution in [2.24, 2.45) is 5.92 Å². The van der Waals surface area contributed by atoms with Crippen molar-refractivity contribution in [3.8, 4) is 0 Å². The third-order valence-corrected chi connectivity index (χ3v) is 4.71. The van der Waals surface area contributed by atoms with Gasteiger partial charge in [-0.2, -0.15) is 0 Å². The normalized spacial score (nSPS) is 16.2. The summed E-state index contributed by atoms with van der Waals surface area (Å²) in [5, 5.41) is 2.86. The Balaban J connectivity index is 1.70. The molecule has 7 heteroatoms. The number of hydrogen-bond acceptors (Lipinski definition) is 6. The number of nitrogens with zero attached hydrogens (tertiary/aromatic N) is 1. The van der Waals surface area contributed by atoms with E-state index in [2.05, 4.69) is 10.3 Å². The molecule has 1 N–H and O–H groups in total. The average Bonchev–Trinajstić information content (AvgIpc) is 3.38. The van der Waals surface area contributed by atoms with Gasteiger partial charge in [-0.3, -0.25) is 4.79 Å². The number of nitrogens with one attached hydrogen (secondary N) is 1. The number of oxazole rings is 1.